The molecule has 0 unspecified atom stereocenters. The molecule has 0 aliphatic carbocycles. The largest absolute Gasteiger partial charge is 0.426 e. The number of sulfonamides is 1. The summed E-state index contributed by atoms with van der Waals surface area (Å²) in [5.41, 5.74) is -3.82. The molecule has 1 amide bonds. The maximum Gasteiger partial charge on any atom is 0.426 e. The standard InChI is InChI=1S/C16H14ClF3N2O4S/c1-15(24,16(18,19)20)14(23)21-13-8-7-10(9-12(13)17)22-27(25,26)11-5-3-2-4-6-11/h2-9,22,24H,1H3,(H,21,23)/t15-/m1/s1. The summed E-state index contributed by atoms with van der Waals surface area (Å²) in [6.45, 7) is 0.304. The third-order valence-corrected chi connectivity index (χ3v) is 5.23. The number of halogens is 4. The van der Waals surface area contributed by atoms with Crippen LogP contribution >= 0.6 is 11.6 Å². The molecule has 0 fully saturated rings. The Labute approximate surface area is 158 Å². The molecule has 0 heterocycles. The van der Waals surface area contributed by atoms with Gasteiger partial charge in [-0.05, 0) is 37.3 Å². The predicted molar refractivity (Wildman–Crippen MR) is 94.0 cm³/mol. The summed E-state index contributed by atoms with van der Waals surface area (Å²) in [5.74, 6) is -1.73. The number of hydrogen-bond acceptors (Lipinski definition) is 4. The number of amides is 1. The Morgan fingerprint density at radius 2 is 1.70 bits per heavy atom. The van der Waals surface area contributed by atoms with Crippen LogP contribution in [-0.2, 0) is 14.8 Å². The second-order valence-electron chi connectivity index (χ2n) is 5.64. The summed E-state index contributed by atoms with van der Waals surface area (Å²) in [4.78, 5) is 11.7. The van der Waals surface area contributed by atoms with Gasteiger partial charge in [-0.1, -0.05) is 29.8 Å². The van der Waals surface area contributed by atoms with Crippen molar-refractivity contribution in [2.45, 2.75) is 23.6 Å². The minimum absolute atomic E-state index is 0.000254. The number of carbonyl (C=O) groups excluding carboxylic acids is 1. The molecule has 0 radical (unpaired) electrons. The van der Waals surface area contributed by atoms with Gasteiger partial charge < -0.3 is 10.4 Å². The molecule has 2 rings (SSSR count). The van der Waals surface area contributed by atoms with Gasteiger partial charge >= 0.3 is 6.18 Å². The highest BCUT2D eigenvalue weighted by Gasteiger charge is 2.55. The average Bonchev–Trinajstić information content (AvgIpc) is 2.56. The minimum Gasteiger partial charge on any atom is -0.373 e. The van der Waals surface area contributed by atoms with Crippen molar-refractivity contribution >= 4 is 38.9 Å². The summed E-state index contributed by atoms with van der Waals surface area (Å²) in [7, 11) is -3.89. The lowest BCUT2D eigenvalue weighted by Crippen LogP contribution is -2.52. The zero-order valence-electron chi connectivity index (χ0n) is 13.7. The summed E-state index contributed by atoms with van der Waals surface area (Å²) in [6, 6.07) is 10.9. The molecule has 2 aromatic rings. The van der Waals surface area contributed by atoms with Gasteiger partial charge in [0.15, 0.2) is 0 Å². The zero-order valence-corrected chi connectivity index (χ0v) is 15.3. The Balaban J connectivity index is 2.20. The van der Waals surface area contributed by atoms with E-state index in [-0.39, 0.29) is 21.3 Å². The normalized spacial score (nSPS) is 14.3. The first-order chi connectivity index (χ1) is 12.3. The van der Waals surface area contributed by atoms with E-state index in [9.17, 15) is 31.5 Å². The van der Waals surface area contributed by atoms with Gasteiger partial charge in [0.1, 0.15) is 0 Å². The molecule has 11 heteroatoms. The Bertz CT molecular complexity index is 948. The number of nitrogens with one attached hydrogen (secondary N) is 2. The molecule has 6 nitrogen and oxygen atoms in total. The number of anilines is 2. The van der Waals surface area contributed by atoms with Gasteiger partial charge in [0.05, 0.1) is 21.3 Å². The highest BCUT2D eigenvalue weighted by atomic mass is 35.5. The fourth-order valence-corrected chi connectivity index (χ4v) is 3.16. The Kier molecular flexibility index (Phi) is 5.74. The smallest absolute Gasteiger partial charge is 0.373 e. The van der Waals surface area contributed by atoms with Gasteiger partial charge in [-0.2, -0.15) is 13.2 Å². The highest BCUT2D eigenvalue weighted by Crippen LogP contribution is 2.33. The summed E-state index contributed by atoms with van der Waals surface area (Å²) in [6.07, 6.45) is -5.19. The Morgan fingerprint density at radius 3 is 2.22 bits per heavy atom. The maximum atomic E-state index is 12.7. The minimum atomic E-state index is -5.19. The number of alkyl halides is 3. The highest BCUT2D eigenvalue weighted by molar-refractivity contribution is 7.92. The molecule has 3 N–H and O–H groups in total. The summed E-state index contributed by atoms with van der Waals surface area (Å²) < 4.78 is 64.8. The number of rotatable bonds is 5. The fourth-order valence-electron chi connectivity index (χ4n) is 1.87. The Morgan fingerprint density at radius 1 is 1.11 bits per heavy atom. The van der Waals surface area contributed by atoms with Crippen LogP contribution in [0, 0.1) is 0 Å². The van der Waals surface area contributed by atoms with Crippen LogP contribution in [0.4, 0.5) is 24.5 Å². The SMILES string of the molecule is C[C@@](O)(C(=O)Nc1ccc(NS(=O)(=O)c2ccccc2)cc1Cl)C(F)(F)F. The third kappa shape index (κ3) is 4.71. The van der Waals surface area contributed by atoms with Crippen LogP contribution in [0.3, 0.4) is 0 Å². The van der Waals surface area contributed by atoms with E-state index >= 15 is 0 Å². The molecule has 27 heavy (non-hydrogen) atoms. The monoisotopic (exact) mass is 422 g/mol. The van der Waals surface area contributed by atoms with E-state index in [0.717, 1.165) is 12.1 Å². The van der Waals surface area contributed by atoms with Crippen molar-refractivity contribution in [1.29, 1.82) is 0 Å². The van der Waals surface area contributed by atoms with Crippen LogP contribution in [0.5, 0.6) is 0 Å². The summed E-state index contributed by atoms with van der Waals surface area (Å²) >= 11 is 5.90. The molecule has 2 aromatic carbocycles. The molecule has 1 atom stereocenters. The van der Waals surface area contributed by atoms with Gasteiger partial charge in [-0.3, -0.25) is 9.52 Å². The second kappa shape index (κ2) is 7.37. The lowest BCUT2D eigenvalue weighted by Gasteiger charge is -2.25. The van der Waals surface area contributed by atoms with E-state index in [1.165, 1.54) is 30.3 Å². The van der Waals surface area contributed by atoms with Gasteiger partial charge in [0.25, 0.3) is 15.9 Å². The van der Waals surface area contributed by atoms with E-state index in [1.54, 1.807) is 6.07 Å². The fraction of sp³-hybridized carbons (Fsp3) is 0.188. The van der Waals surface area contributed by atoms with Crippen LogP contribution in [0.25, 0.3) is 0 Å². The van der Waals surface area contributed by atoms with E-state index < -0.39 is 27.7 Å². The molecule has 146 valence electrons. The van der Waals surface area contributed by atoms with Gasteiger partial charge in [-0.15, -0.1) is 0 Å². The van der Waals surface area contributed by atoms with E-state index in [1.807, 2.05) is 5.32 Å². The van der Waals surface area contributed by atoms with Crippen molar-refractivity contribution in [2.75, 3.05) is 10.0 Å². The van der Waals surface area contributed by atoms with Crippen LogP contribution in [-0.4, -0.2) is 31.2 Å². The van der Waals surface area contributed by atoms with Crippen LogP contribution in [0.15, 0.2) is 53.4 Å². The van der Waals surface area contributed by atoms with Gasteiger partial charge in [-0.25, -0.2) is 8.42 Å². The molecular weight excluding hydrogens is 409 g/mol. The van der Waals surface area contributed by atoms with Crippen molar-refractivity contribution in [2.24, 2.45) is 0 Å². The lowest BCUT2D eigenvalue weighted by molar-refractivity contribution is -0.242. The van der Waals surface area contributed by atoms with Crippen LogP contribution in [0.2, 0.25) is 5.02 Å². The average molecular weight is 423 g/mol. The zero-order chi connectivity index (χ0) is 20.5. The number of benzene rings is 2. The molecule has 0 spiro atoms. The first kappa shape index (κ1) is 21.0. The van der Waals surface area contributed by atoms with E-state index in [2.05, 4.69) is 4.72 Å². The van der Waals surface area contributed by atoms with Crippen molar-refractivity contribution < 1.29 is 31.5 Å². The van der Waals surface area contributed by atoms with E-state index in [0.29, 0.717) is 6.92 Å². The predicted octanol–water partition coefficient (Wildman–Crippen LogP) is 3.39. The van der Waals surface area contributed by atoms with Gasteiger partial charge in [0.2, 0.25) is 5.60 Å². The third-order valence-electron chi connectivity index (χ3n) is 3.52. The lowest BCUT2D eigenvalue weighted by atomic mass is 10.1. The van der Waals surface area contributed by atoms with Crippen molar-refractivity contribution in [3.05, 3.63) is 53.6 Å². The van der Waals surface area contributed by atoms with Crippen LogP contribution in [0.1, 0.15) is 6.92 Å². The quantitative estimate of drug-likeness (QED) is 0.688. The molecule has 0 saturated carbocycles. The van der Waals surface area contributed by atoms with Crippen molar-refractivity contribution in [3.8, 4) is 0 Å². The molecular formula is C16H14ClF3N2O4S. The van der Waals surface area contributed by atoms with Crippen molar-refractivity contribution in [1.82, 2.24) is 0 Å². The topological polar surface area (TPSA) is 95.5 Å². The number of hydrogen-bond donors (Lipinski definition) is 3. The molecule has 0 aliphatic heterocycles. The molecule has 0 aromatic heterocycles. The first-order valence-electron chi connectivity index (χ1n) is 7.32. The van der Waals surface area contributed by atoms with Crippen molar-refractivity contribution in [3.63, 3.8) is 0 Å². The maximum absolute atomic E-state index is 12.7. The number of carbonyl (C=O) groups is 1. The van der Waals surface area contributed by atoms with Gasteiger partial charge in [0, 0.05) is 0 Å². The molecule has 0 bridgehead atoms. The number of aliphatic hydroxyl groups is 1. The van der Waals surface area contributed by atoms with Crippen LogP contribution < -0.4 is 10.0 Å². The summed E-state index contributed by atoms with van der Waals surface area (Å²) in [5, 5.41) is 11.0. The molecule has 0 aliphatic rings. The Hall–Kier alpha value is -2.30. The first-order valence-corrected chi connectivity index (χ1v) is 9.19. The second-order valence-corrected chi connectivity index (χ2v) is 7.73. The molecule has 0 saturated heterocycles. The van der Waals surface area contributed by atoms with E-state index in [4.69, 9.17) is 11.6 Å².